The van der Waals surface area contributed by atoms with Crippen LogP contribution in [-0.2, 0) is 6.54 Å². The Morgan fingerprint density at radius 1 is 1.48 bits per heavy atom. The van der Waals surface area contributed by atoms with Gasteiger partial charge in [0.15, 0.2) is 5.78 Å². The van der Waals surface area contributed by atoms with Crippen LogP contribution in [0.4, 0.5) is 0 Å². The number of benzene rings is 1. The van der Waals surface area contributed by atoms with Gasteiger partial charge in [0.2, 0.25) is 5.82 Å². The number of aliphatic hydroxyl groups excluding tert-OH is 1. The predicted octanol–water partition coefficient (Wildman–Crippen LogP) is 1.84. The van der Waals surface area contributed by atoms with E-state index in [0.29, 0.717) is 27.0 Å². The van der Waals surface area contributed by atoms with Gasteiger partial charge in [-0.3, -0.25) is 4.79 Å². The molecular weight excluding hydrogens is 416 g/mol. The lowest BCUT2D eigenvalue weighted by Crippen LogP contribution is -2.05. The molecule has 2 heterocycles. The molecule has 3 rings (SSSR count). The van der Waals surface area contributed by atoms with Gasteiger partial charge in [-0.05, 0) is 51.8 Å². The van der Waals surface area contributed by atoms with Gasteiger partial charge < -0.3 is 14.8 Å². The first-order valence-electron chi connectivity index (χ1n) is 7.90. The number of nitriles is 1. The van der Waals surface area contributed by atoms with E-state index >= 15 is 0 Å². The quantitative estimate of drug-likeness (QED) is 0.570. The maximum atomic E-state index is 13.0. The molecule has 0 saturated carbocycles. The van der Waals surface area contributed by atoms with Gasteiger partial charge in [0.1, 0.15) is 17.5 Å². The van der Waals surface area contributed by atoms with E-state index in [1.165, 1.54) is 11.9 Å². The number of ketones is 1. The fourth-order valence-electron chi connectivity index (χ4n) is 2.66. The van der Waals surface area contributed by atoms with Gasteiger partial charge in [-0.1, -0.05) is 0 Å². The first-order chi connectivity index (χ1) is 13.0. The van der Waals surface area contributed by atoms with Crippen LogP contribution < -0.4 is 4.74 Å². The van der Waals surface area contributed by atoms with Gasteiger partial charge >= 0.3 is 0 Å². The number of tetrazole rings is 1. The monoisotopic (exact) mass is 430 g/mol. The molecule has 0 fully saturated rings. The van der Waals surface area contributed by atoms with Crippen LogP contribution in [0.15, 0.2) is 22.7 Å². The van der Waals surface area contributed by atoms with Crippen molar-refractivity contribution in [2.24, 2.45) is 0 Å². The zero-order valence-electron chi connectivity index (χ0n) is 14.5. The number of methoxy groups -OCH3 is 1. The van der Waals surface area contributed by atoms with E-state index in [-0.39, 0.29) is 36.0 Å². The molecule has 0 spiro atoms. The lowest BCUT2D eigenvalue weighted by Gasteiger charge is -2.06. The third-order valence-electron chi connectivity index (χ3n) is 3.98. The lowest BCUT2D eigenvalue weighted by molar-refractivity contribution is 0.103. The second kappa shape index (κ2) is 7.69. The van der Waals surface area contributed by atoms with E-state index in [1.807, 2.05) is 6.07 Å². The molecule has 2 N–H and O–H groups in total. The number of nitrogens with one attached hydrogen (secondary N) is 1. The summed E-state index contributed by atoms with van der Waals surface area (Å²) in [6.07, 6.45) is 0. The van der Waals surface area contributed by atoms with Gasteiger partial charge in [-0.25, -0.2) is 0 Å². The summed E-state index contributed by atoms with van der Waals surface area (Å²) in [4.78, 5) is 17.2. The highest BCUT2D eigenvalue weighted by atomic mass is 79.9. The third-order valence-corrected chi connectivity index (χ3v) is 4.60. The molecule has 0 radical (unpaired) electrons. The number of nitrogens with zero attached hydrogens (tertiary/aromatic N) is 5. The molecule has 0 aliphatic rings. The van der Waals surface area contributed by atoms with Crippen molar-refractivity contribution in [3.8, 4) is 23.3 Å². The number of aromatic nitrogens is 5. The summed E-state index contributed by atoms with van der Waals surface area (Å²) in [5.74, 6) is 0.535. The number of carbonyl (C=O) groups is 1. The minimum absolute atomic E-state index is 0.123. The highest BCUT2D eigenvalue weighted by Crippen LogP contribution is 2.30. The summed E-state index contributed by atoms with van der Waals surface area (Å²) >= 11 is 3.36. The van der Waals surface area contributed by atoms with Crippen molar-refractivity contribution in [3.05, 3.63) is 45.1 Å². The molecule has 0 aliphatic carbocycles. The molecule has 2 aromatic heterocycles. The number of halogens is 1. The Morgan fingerprint density at radius 2 is 2.26 bits per heavy atom. The average Bonchev–Trinajstić information content (AvgIpc) is 3.25. The number of hydrogen-bond donors (Lipinski definition) is 2. The van der Waals surface area contributed by atoms with E-state index in [2.05, 4.69) is 36.3 Å². The molecule has 10 heteroatoms. The summed E-state index contributed by atoms with van der Waals surface area (Å²) in [5.41, 5.74) is 1.77. The van der Waals surface area contributed by atoms with Crippen LogP contribution in [0.1, 0.15) is 27.2 Å². The predicted molar refractivity (Wildman–Crippen MR) is 98.3 cm³/mol. The fourth-order valence-corrected chi connectivity index (χ4v) is 3.21. The minimum Gasteiger partial charge on any atom is -0.496 e. The van der Waals surface area contributed by atoms with Crippen molar-refractivity contribution >= 4 is 21.7 Å². The molecule has 3 aromatic rings. The Balaban J connectivity index is 2.05. The number of carbonyl (C=O) groups excluding carboxylic acids is 1. The van der Waals surface area contributed by atoms with Crippen molar-refractivity contribution < 1.29 is 14.6 Å². The van der Waals surface area contributed by atoms with Crippen LogP contribution in [0, 0.1) is 18.3 Å². The van der Waals surface area contributed by atoms with Crippen LogP contribution >= 0.6 is 15.9 Å². The Hall–Kier alpha value is -3.03. The molecule has 0 saturated heterocycles. The summed E-state index contributed by atoms with van der Waals surface area (Å²) in [5, 5.41) is 30.3. The van der Waals surface area contributed by atoms with Crippen molar-refractivity contribution in [3.63, 3.8) is 0 Å². The van der Waals surface area contributed by atoms with Crippen molar-refractivity contribution in [2.75, 3.05) is 13.7 Å². The Kier molecular flexibility index (Phi) is 5.34. The number of aliphatic hydroxyl groups is 1. The van der Waals surface area contributed by atoms with Gasteiger partial charge in [0, 0.05) is 5.56 Å². The number of H-pyrrole nitrogens is 1. The Bertz CT molecular complexity index is 1050. The van der Waals surface area contributed by atoms with Crippen molar-refractivity contribution in [2.45, 2.75) is 13.5 Å². The molecular formula is C17H15BrN6O3. The molecule has 27 heavy (non-hydrogen) atoms. The summed E-state index contributed by atoms with van der Waals surface area (Å²) in [6, 6.07) is 6.96. The van der Waals surface area contributed by atoms with Crippen molar-refractivity contribution in [1.29, 1.82) is 5.26 Å². The van der Waals surface area contributed by atoms with Crippen molar-refractivity contribution in [1.82, 2.24) is 25.2 Å². The maximum Gasteiger partial charge on any atom is 0.221 e. The number of aromatic amines is 1. The van der Waals surface area contributed by atoms with E-state index in [1.54, 1.807) is 25.1 Å². The summed E-state index contributed by atoms with van der Waals surface area (Å²) in [7, 11) is 1.54. The molecule has 0 atom stereocenters. The Labute approximate surface area is 162 Å². The minimum atomic E-state index is -0.308. The van der Waals surface area contributed by atoms with E-state index in [9.17, 15) is 10.1 Å². The van der Waals surface area contributed by atoms with Gasteiger partial charge in [-0.15, -0.1) is 10.2 Å². The lowest BCUT2D eigenvalue weighted by atomic mass is 9.99. The first-order valence-corrected chi connectivity index (χ1v) is 8.69. The molecule has 1 aromatic carbocycles. The van der Waals surface area contributed by atoms with Gasteiger partial charge in [0.25, 0.3) is 0 Å². The summed E-state index contributed by atoms with van der Waals surface area (Å²) in [6.45, 7) is 1.79. The number of rotatable bonds is 6. The third kappa shape index (κ3) is 3.47. The van der Waals surface area contributed by atoms with Crippen LogP contribution in [0.3, 0.4) is 0 Å². The van der Waals surface area contributed by atoms with Crippen LogP contribution in [0.25, 0.3) is 11.5 Å². The van der Waals surface area contributed by atoms with E-state index in [4.69, 9.17) is 9.84 Å². The standard InChI is InChI=1S/C17H15BrN6O3/c1-9-14(16(26)10-3-4-13(27-2)11(18)7-10)12(8-19)20-15(9)17-21-23-24(22-17)5-6-25/h3-4,7,20,25H,5-6H2,1-2H3. The zero-order valence-corrected chi connectivity index (χ0v) is 16.1. The van der Waals surface area contributed by atoms with Gasteiger partial charge in [0.05, 0.1) is 36.0 Å². The normalized spacial score (nSPS) is 10.6. The molecule has 0 unspecified atom stereocenters. The highest BCUT2D eigenvalue weighted by molar-refractivity contribution is 9.10. The van der Waals surface area contributed by atoms with Crippen LogP contribution in [0.2, 0.25) is 0 Å². The summed E-state index contributed by atoms with van der Waals surface area (Å²) < 4.78 is 5.81. The second-order valence-corrected chi connectivity index (χ2v) is 6.45. The fraction of sp³-hybridized carbons (Fsp3) is 0.235. The average molecular weight is 431 g/mol. The second-order valence-electron chi connectivity index (χ2n) is 5.60. The van der Waals surface area contributed by atoms with Gasteiger partial charge in [-0.2, -0.15) is 10.1 Å². The highest BCUT2D eigenvalue weighted by Gasteiger charge is 2.25. The number of ether oxygens (including phenoxy) is 1. The molecule has 0 bridgehead atoms. The number of hydrogen-bond acceptors (Lipinski definition) is 7. The molecule has 0 aliphatic heterocycles. The molecule has 9 nitrogen and oxygen atoms in total. The topological polar surface area (TPSA) is 130 Å². The smallest absolute Gasteiger partial charge is 0.221 e. The first kappa shape index (κ1) is 18.8. The Morgan fingerprint density at radius 3 is 2.89 bits per heavy atom. The molecule has 0 amide bonds. The zero-order chi connectivity index (χ0) is 19.6. The maximum absolute atomic E-state index is 13.0. The van der Waals surface area contributed by atoms with E-state index in [0.717, 1.165) is 0 Å². The van der Waals surface area contributed by atoms with Crippen LogP contribution in [-0.4, -0.2) is 49.8 Å². The van der Waals surface area contributed by atoms with E-state index < -0.39 is 0 Å². The molecule has 138 valence electrons. The SMILES string of the molecule is COc1ccc(C(=O)c2c(C#N)[nH]c(-c3nnn(CCO)n3)c2C)cc1Br. The largest absolute Gasteiger partial charge is 0.496 e. The van der Waals surface area contributed by atoms with Crippen LogP contribution in [0.5, 0.6) is 5.75 Å².